The molecule has 0 aromatic carbocycles. The molecule has 0 radical (unpaired) electrons. The molecule has 18 heavy (non-hydrogen) atoms. The molecule has 0 aliphatic carbocycles. The molecule has 1 saturated heterocycles. The van der Waals surface area contributed by atoms with Crippen LogP contribution < -0.4 is 11.5 Å². The average Bonchev–Trinajstić information content (AvgIpc) is 2.30. The lowest BCUT2D eigenvalue weighted by atomic mass is 9.82. The molecule has 3 nitrogen and oxygen atoms in total. The van der Waals surface area contributed by atoms with Crippen LogP contribution in [0.25, 0.3) is 0 Å². The van der Waals surface area contributed by atoms with Crippen LogP contribution in [0.3, 0.4) is 0 Å². The summed E-state index contributed by atoms with van der Waals surface area (Å²) in [4.78, 5) is 0. The first-order valence-electron chi connectivity index (χ1n) is 7.34. The molecule has 1 fully saturated rings. The van der Waals surface area contributed by atoms with Crippen molar-refractivity contribution in [2.24, 2.45) is 11.5 Å². The minimum atomic E-state index is -1.63. The summed E-state index contributed by atoms with van der Waals surface area (Å²) in [5.41, 5.74) is 12.5. The molecule has 0 aromatic rings. The van der Waals surface area contributed by atoms with E-state index in [-0.39, 0.29) is 17.7 Å². The van der Waals surface area contributed by atoms with E-state index in [0.29, 0.717) is 0 Å². The zero-order valence-electron chi connectivity index (χ0n) is 13.0. The topological polar surface area (TPSA) is 61.3 Å². The van der Waals surface area contributed by atoms with Gasteiger partial charge >= 0.3 is 0 Å². The van der Waals surface area contributed by atoms with Crippen LogP contribution in [0.1, 0.15) is 33.1 Å². The van der Waals surface area contributed by atoms with Gasteiger partial charge in [0.05, 0.1) is 13.2 Å². The Bertz CT molecular complexity index is 285. The van der Waals surface area contributed by atoms with Gasteiger partial charge in [-0.1, -0.05) is 33.0 Å². The summed E-state index contributed by atoms with van der Waals surface area (Å²) < 4.78 is 6.73. The van der Waals surface area contributed by atoms with E-state index in [0.717, 1.165) is 19.3 Å². The summed E-state index contributed by atoms with van der Waals surface area (Å²) in [6, 6.07) is 1.46. The van der Waals surface area contributed by atoms with Crippen molar-refractivity contribution in [3.8, 4) is 0 Å². The van der Waals surface area contributed by atoms with Crippen molar-refractivity contribution in [3.05, 3.63) is 0 Å². The third-order valence-corrected chi connectivity index (χ3v) is 21.8. The zero-order valence-corrected chi connectivity index (χ0v) is 15.0. The summed E-state index contributed by atoms with van der Waals surface area (Å²) in [5, 5.41) is 0. The van der Waals surface area contributed by atoms with Gasteiger partial charge in [0.2, 0.25) is 0 Å². The number of hydrogen-bond acceptors (Lipinski definition) is 3. The minimum Gasteiger partial charge on any atom is -0.411 e. The maximum absolute atomic E-state index is 6.73. The van der Waals surface area contributed by atoms with Crippen LogP contribution >= 0.6 is 0 Å². The first-order chi connectivity index (χ1) is 8.13. The molecule has 0 bridgehead atoms. The van der Waals surface area contributed by atoms with Crippen molar-refractivity contribution in [1.82, 2.24) is 0 Å². The third kappa shape index (κ3) is 2.61. The first kappa shape index (κ1) is 16.4. The van der Waals surface area contributed by atoms with Crippen molar-refractivity contribution < 1.29 is 4.43 Å². The highest BCUT2D eigenvalue weighted by atomic mass is 29.3. The maximum Gasteiger partial charge on any atom is 0.174 e. The maximum atomic E-state index is 6.73. The third-order valence-electron chi connectivity index (χ3n) is 5.35. The molecule has 2 atom stereocenters. The van der Waals surface area contributed by atoms with E-state index >= 15 is 0 Å². The standard InChI is InChI=1S/C13H32N2OSi2/c1-7-11(14)13(12(15)8-2)9-10-17(3,4)18(5,6)16-13/h11-12H,7-10,14-15H2,1-6H3. The van der Waals surface area contributed by atoms with Gasteiger partial charge in [-0.25, -0.2) is 0 Å². The zero-order chi connectivity index (χ0) is 14.2. The van der Waals surface area contributed by atoms with Crippen molar-refractivity contribution in [2.45, 2.75) is 83.0 Å². The van der Waals surface area contributed by atoms with Crippen LogP contribution in [-0.2, 0) is 4.43 Å². The number of nitrogens with two attached hydrogens (primary N) is 2. The van der Waals surface area contributed by atoms with Crippen LogP contribution in [0.5, 0.6) is 0 Å². The molecule has 0 aromatic heterocycles. The summed E-state index contributed by atoms with van der Waals surface area (Å²) in [7, 11) is -2.85. The van der Waals surface area contributed by atoms with E-state index in [2.05, 4.69) is 40.0 Å². The van der Waals surface area contributed by atoms with Gasteiger partial charge in [-0.3, -0.25) is 0 Å². The van der Waals surface area contributed by atoms with Crippen LogP contribution in [0.2, 0.25) is 32.2 Å². The Morgan fingerprint density at radius 1 is 1.06 bits per heavy atom. The molecule has 1 aliphatic rings. The van der Waals surface area contributed by atoms with Crippen molar-refractivity contribution in [2.75, 3.05) is 0 Å². The van der Waals surface area contributed by atoms with Gasteiger partial charge < -0.3 is 15.9 Å². The Balaban J connectivity index is 3.09. The monoisotopic (exact) mass is 288 g/mol. The molecule has 0 amide bonds. The minimum absolute atomic E-state index is 0.0734. The van der Waals surface area contributed by atoms with Gasteiger partial charge in [0.15, 0.2) is 7.83 Å². The highest BCUT2D eigenvalue weighted by Crippen LogP contribution is 2.42. The Morgan fingerprint density at radius 2 is 1.50 bits per heavy atom. The van der Waals surface area contributed by atoms with Gasteiger partial charge in [0.25, 0.3) is 0 Å². The Labute approximate surface area is 115 Å². The predicted octanol–water partition coefficient (Wildman–Crippen LogP) is 2.61. The quantitative estimate of drug-likeness (QED) is 0.782. The molecule has 1 aliphatic heterocycles. The molecule has 0 saturated carbocycles. The highest BCUT2D eigenvalue weighted by molar-refractivity contribution is 7.38. The normalized spacial score (nSPS) is 34.0. The van der Waals surface area contributed by atoms with E-state index in [1.165, 1.54) is 6.04 Å². The fraction of sp³-hybridized carbons (Fsp3) is 1.00. The molecule has 5 heteroatoms. The van der Waals surface area contributed by atoms with E-state index in [1.807, 2.05) is 0 Å². The molecular formula is C13H32N2OSi2. The number of hydrogen-bond donors (Lipinski definition) is 2. The Hall–Kier alpha value is 0.314. The van der Waals surface area contributed by atoms with Gasteiger partial charge in [-0.15, -0.1) is 0 Å². The second-order valence-electron chi connectivity index (χ2n) is 6.98. The van der Waals surface area contributed by atoms with Gasteiger partial charge in [0, 0.05) is 12.1 Å². The predicted molar refractivity (Wildman–Crippen MR) is 84.7 cm³/mol. The van der Waals surface area contributed by atoms with E-state index in [9.17, 15) is 0 Å². The second-order valence-corrected chi connectivity index (χ2v) is 22.1. The average molecular weight is 289 g/mol. The lowest BCUT2D eigenvalue weighted by Gasteiger charge is -2.56. The molecular weight excluding hydrogens is 256 g/mol. The SMILES string of the molecule is CCC(N)C1(C(N)CC)CC[Si](C)(C)[Si](C)(C)O1. The van der Waals surface area contributed by atoms with Crippen molar-refractivity contribution in [1.29, 1.82) is 0 Å². The van der Waals surface area contributed by atoms with Crippen LogP contribution in [0.4, 0.5) is 0 Å². The van der Waals surface area contributed by atoms with E-state index in [1.54, 1.807) is 0 Å². The van der Waals surface area contributed by atoms with E-state index in [4.69, 9.17) is 15.9 Å². The van der Waals surface area contributed by atoms with Crippen LogP contribution in [0, 0.1) is 0 Å². The summed E-state index contributed by atoms with van der Waals surface area (Å²) in [5.74, 6) is 0. The lowest BCUT2D eigenvalue weighted by molar-refractivity contribution is -0.000737. The molecule has 0 spiro atoms. The fourth-order valence-electron chi connectivity index (χ4n) is 2.96. The lowest BCUT2D eigenvalue weighted by Crippen LogP contribution is -2.73. The molecule has 4 N–H and O–H groups in total. The van der Waals surface area contributed by atoms with E-state index < -0.39 is 15.4 Å². The fourth-order valence-corrected chi connectivity index (χ4v) is 9.79. The van der Waals surface area contributed by atoms with Gasteiger partial charge in [0.1, 0.15) is 0 Å². The highest BCUT2D eigenvalue weighted by Gasteiger charge is 2.56. The van der Waals surface area contributed by atoms with Crippen LogP contribution in [-0.4, -0.2) is 33.1 Å². The molecule has 108 valence electrons. The first-order valence-corrected chi connectivity index (χ1v) is 14.5. The summed E-state index contributed by atoms with van der Waals surface area (Å²) in [6.45, 7) is 14.0. The summed E-state index contributed by atoms with van der Waals surface area (Å²) >= 11 is 0. The smallest absolute Gasteiger partial charge is 0.174 e. The van der Waals surface area contributed by atoms with Gasteiger partial charge in [-0.2, -0.15) is 0 Å². The van der Waals surface area contributed by atoms with Gasteiger partial charge in [-0.05, 0) is 32.4 Å². The Kier molecular flexibility index (Phi) is 4.88. The second kappa shape index (κ2) is 5.36. The Morgan fingerprint density at radius 3 is 1.83 bits per heavy atom. The summed E-state index contributed by atoms with van der Waals surface area (Å²) in [6.07, 6.45) is 2.95. The number of rotatable bonds is 4. The van der Waals surface area contributed by atoms with Crippen molar-refractivity contribution >= 4 is 15.4 Å². The molecule has 2 unspecified atom stereocenters. The van der Waals surface area contributed by atoms with Crippen LogP contribution in [0.15, 0.2) is 0 Å². The van der Waals surface area contributed by atoms with Crippen molar-refractivity contribution in [3.63, 3.8) is 0 Å². The largest absolute Gasteiger partial charge is 0.411 e. The molecule has 1 rings (SSSR count). The molecule has 1 heterocycles.